The smallest absolute Gasteiger partial charge is 0.250 e. The van der Waals surface area contributed by atoms with Crippen molar-refractivity contribution < 1.29 is 8.42 Å². The first-order chi connectivity index (χ1) is 9.45. The summed E-state index contributed by atoms with van der Waals surface area (Å²) in [5.41, 5.74) is 5.52. The molecule has 5 nitrogen and oxygen atoms in total. The van der Waals surface area contributed by atoms with Crippen LogP contribution in [0.5, 0.6) is 0 Å². The van der Waals surface area contributed by atoms with Crippen molar-refractivity contribution in [1.82, 2.24) is 9.62 Å². The van der Waals surface area contributed by atoms with Crippen LogP contribution in [0.2, 0.25) is 0 Å². The lowest BCUT2D eigenvalue weighted by Crippen LogP contribution is -2.57. The van der Waals surface area contributed by atoms with Gasteiger partial charge >= 0.3 is 0 Å². The zero-order valence-electron chi connectivity index (χ0n) is 10.9. The Morgan fingerprint density at radius 3 is 2.60 bits per heavy atom. The van der Waals surface area contributed by atoms with E-state index in [4.69, 9.17) is 18.0 Å². The van der Waals surface area contributed by atoms with Gasteiger partial charge in [-0.3, -0.25) is 0 Å². The Balaban J connectivity index is 1.76. The Kier molecular flexibility index (Phi) is 3.85. The number of sulfonamides is 1. The molecule has 1 unspecified atom stereocenters. The molecule has 1 aromatic heterocycles. The fraction of sp³-hybridized carbons (Fsp3) is 0.583. The van der Waals surface area contributed by atoms with Gasteiger partial charge in [-0.05, 0) is 44.0 Å². The Bertz CT molecular complexity index is 618. The second-order valence-electron chi connectivity index (χ2n) is 5.35. The first-order valence-corrected chi connectivity index (χ1v) is 9.31. The van der Waals surface area contributed by atoms with Crippen LogP contribution in [0, 0.1) is 5.92 Å². The van der Waals surface area contributed by atoms with Gasteiger partial charge in [0.05, 0.1) is 4.88 Å². The molecule has 110 valence electrons. The van der Waals surface area contributed by atoms with E-state index in [1.165, 1.54) is 0 Å². The molecule has 20 heavy (non-hydrogen) atoms. The highest BCUT2D eigenvalue weighted by Gasteiger charge is 2.36. The maximum atomic E-state index is 12.4. The van der Waals surface area contributed by atoms with Crippen molar-refractivity contribution in [3.63, 3.8) is 0 Å². The van der Waals surface area contributed by atoms with Crippen molar-refractivity contribution in [2.75, 3.05) is 19.6 Å². The van der Waals surface area contributed by atoms with Crippen LogP contribution in [-0.2, 0) is 10.0 Å². The molecule has 3 saturated heterocycles. The Morgan fingerprint density at radius 2 is 2.10 bits per heavy atom. The van der Waals surface area contributed by atoms with Crippen molar-refractivity contribution in [3.8, 4) is 0 Å². The van der Waals surface area contributed by atoms with E-state index in [9.17, 15) is 8.42 Å². The van der Waals surface area contributed by atoms with Crippen molar-refractivity contribution in [3.05, 3.63) is 17.0 Å². The van der Waals surface area contributed by atoms with Gasteiger partial charge in [-0.15, -0.1) is 11.3 Å². The SMILES string of the molecule is NC(=S)c1ccc(S(=O)(=O)NC2CN3CCC2CC3)s1. The lowest BCUT2D eigenvalue weighted by molar-refractivity contribution is 0.0827. The summed E-state index contributed by atoms with van der Waals surface area (Å²) < 4.78 is 28.0. The van der Waals surface area contributed by atoms with Gasteiger partial charge in [0.25, 0.3) is 0 Å². The van der Waals surface area contributed by atoms with Gasteiger partial charge in [-0.2, -0.15) is 0 Å². The highest BCUT2D eigenvalue weighted by molar-refractivity contribution is 7.91. The standard InChI is InChI=1S/C12H17N3O2S3/c13-12(18)10-1-2-11(19-10)20(16,17)14-9-7-15-5-3-8(9)4-6-15/h1-2,8-9,14H,3-7H2,(H2,13,18). The molecule has 4 heterocycles. The van der Waals surface area contributed by atoms with Gasteiger partial charge < -0.3 is 10.6 Å². The van der Waals surface area contributed by atoms with Crippen molar-refractivity contribution in [2.45, 2.75) is 23.1 Å². The van der Waals surface area contributed by atoms with E-state index in [1.54, 1.807) is 12.1 Å². The van der Waals surface area contributed by atoms with Crippen LogP contribution in [0.25, 0.3) is 0 Å². The summed E-state index contributed by atoms with van der Waals surface area (Å²) in [6.45, 7) is 3.00. The number of fused-ring (bicyclic) bond motifs is 3. The zero-order valence-corrected chi connectivity index (χ0v) is 13.4. The Morgan fingerprint density at radius 1 is 1.40 bits per heavy atom. The Labute approximate surface area is 128 Å². The second-order valence-corrected chi connectivity index (χ2v) is 8.81. The summed E-state index contributed by atoms with van der Waals surface area (Å²) in [4.78, 5) is 3.19. The minimum absolute atomic E-state index is 0.0258. The zero-order chi connectivity index (χ0) is 14.3. The quantitative estimate of drug-likeness (QED) is 0.797. The first-order valence-electron chi connectivity index (χ1n) is 6.60. The van der Waals surface area contributed by atoms with E-state index in [0.717, 1.165) is 43.8 Å². The fourth-order valence-corrected chi connectivity index (χ4v) is 5.62. The van der Waals surface area contributed by atoms with E-state index in [-0.39, 0.29) is 15.2 Å². The molecular formula is C12H17N3O2S3. The molecule has 0 aromatic carbocycles. The molecule has 3 aliphatic rings. The number of thiophene rings is 1. The minimum Gasteiger partial charge on any atom is -0.389 e. The third-order valence-electron chi connectivity index (χ3n) is 4.05. The number of hydrogen-bond donors (Lipinski definition) is 2. The summed E-state index contributed by atoms with van der Waals surface area (Å²) in [5.74, 6) is 0.463. The van der Waals surface area contributed by atoms with Crippen molar-refractivity contribution in [2.24, 2.45) is 11.7 Å². The normalized spacial score (nSPS) is 29.5. The number of nitrogens with zero attached hydrogens (tertiary/aromatic N) is 1. The van der Waals surface area contributed by atoms with Crippen molar-refractivity contribution >= 4 is 38.6 Å². The molecule has 3 aliphatic heterocycles. The average molecular weight is 331 g/mol. The second kappa shape index (κ2) is 5.34. The highest BCUT2D eigenvalue weighted by Crippen LogP contribution is 2.29. The molecule has 3 fully saturated rings. The van der Waals surface area contributed by atoms with E-state index in [2.05, 4.69) is 9.62 Å². The summed E-state index contributed by atoms with van der Waals surface area (Å²) in [6.07, 6.45) is 2.16. The number of thiocarbonyl (C=S) groups is 1. The number of nitrogens with two attached hydrogens (primary N) is 1. The molecule has 1 aromatic rings. The van der Waals surface area contributed by atoms with Crippen LogP contribution in [0.15, 0.2) is 16.3 Å². The molecule has 0 amide bonds. The number of nitrogens with one attached hydrogen (secondary N) is 1. The van der Waals surface area contributed by atoms with Crippen LogP contribution in [-0.4, -0.2) is 44.0 Å². The molecular weight excluding hydrogens is 314 g/mol. The third kappa shape index (κ3) is 2.75. The maximum Gasteiger partial charge on any atom is 0.250 e. The molecule has 3 N–H and O–H groups in total. The van der Waals surface area contributed by atoms with Gasteiger partial charge in [0.1, 0.15) is 9.20 Å². The van der Waals surface area contributed by atoms with Crippen molar-refractivity contribution in [1.29, 1.82) is 0 Å². The predicted molar refractivity (Wildman–Crippen MR) is 83.5 cm³/mol. The first kappa shape index (κ1) is 14.4. The van der Waals surface area contributed by atoms with Crippen LogP contribution < -0.4 is 10.5 Å². The van der Waals surface area contributed by atoms with Crippen LogP contribution in [0.1, 0.15) is 17.7 Å². The van der Waals surface area contributed by atoms with Gasteiger partial charge in [-0.25, -0.2) is 13.1 Å². The Hall–Kier alpha value is -0.540. The lowest BCUT2D eigenvalue weighted by Gasteiger charge is -2.44. The van der Waals surface area contributed by atoms with E-state index in [1.807, 2.05) is 0 Å². The van der Waals surface area contributed by atoms with Gasteiger partial charge in [0.15, 0.2) is 0 Å². The van der Waals surface area contributed by atoms with E-state index < -0.39 is 10.0 Å². The summed E-state index contributed by atoms with van der Waals surface area (Å²) in [7, 11) is -3.47. The van der Waals surface area contributed by atoms with Gasteiger partial charge in [0.2, 0.25) is 10.0 Å². The maximum absolute atomic E-state index is 12.4. The fourth-order valence-electron chi connectivity index (χ4n) is 2.95. The molecule has 4 rings (SSSR count). The molecule has 0 spiro atoms. The van der Waals surface area contributed by atoms with Crippen LogP contribution in [0.3, 0.4) is 0 Å². The van der Waals surface area contributed by atoms with Gasteiger partial charge in [-0.1, -0.05) is 12.2 Å². The summed E-state index contributed by atoms with van der Waals surface area (Å²) in [6, 6.07) is 3.26. The largest absolute Gasteiger partial charge is 0.389 e. The minimum atomic E-state index is -3.47. The number of hydrogen-bond acceptors (Lipinski definition) is 5. The average Bonchev–Trinajstić information content (AvgIpc) is 2.90. The van der Waals surface area contributed by atoms with Gasteiger partial charge in [0, 0.05) is 12.6 Å². The summed E-state index contributed by atoms with van der Waals surface area (Å²) in [5, 5.41) is 0. The molecule has 0 saturated carbocycles. The molecule has 8 heteroatoms. The number of rotatable bonds is 4. The van der Waals surface area contributed by atoms with E-state index in [0.29, 0.717) is 10.8 Å². The number of piperidine rings is 3. The highest BCUT2D eigenvalue weighted by atomic mass is 32.2. The molecule has 2 bridgehead atoms. The topological polar surface area (TPSA) is 75.4 Å². The third-order valence-corrected chi connectivity index (χ3v) is 7.50. The molecule has 0 aliphatic carbocycles. The lowest BCUT2D eigenvalue weighted by atomic mass is 9.85. The van der Waals surface area contributed by atoms with Crippen LogP contribution in [0.4, 0.5) is 0 Å². The molecule has 0 radical (unpaired) electrons. The monoisotopic (exact) mass is 331 g/mol. The molecule has 1 atom stereocenters. The summed E-state index contributed by atoms with van der Waals surface area (Å²) >= 11 is 6.00. The van der Waals surface area contributed by atoms with Crippen LogP contribution >= 0.6 is 23.6 Å². The predicted octanol–water partition coefficient (Wildman–Crippen LogP) is 0.755. The van der Waals surface area contributed by atoms with E-state index >= 15 is 0 Å².